The molecule has 3 rings (SSSR count). The van der Waals surface area contributed by atoms with Crippen molar-refractivity contribution >= 4 is 0 Å². The van der Waals surface area contributed by atoms with Crippen LogP contribution in [-0.2, 0) is 6.42 Å². The second-order valence-electron chi connectivity index (χ2n) is 7.69. The van der Waals surface area contributed by atoms with Crippen LogP contribution < -0.4 is 0 Å². The number of fused-ring (bicyclic) bond motifs is 1. The summed E-state index contributed by atoms with van der Waals surface area (Å²) in [5.74, 6) is 4.24. The Labute approximate surface area is 131 Å². The predicted molar refractivity (Wildman–Crippen MR) is 91.3 cm³/mol. The number of hydrogen-bond acceptors (Lipinski definition) is 0. The van der Waals surface area contributed by atoms with Crippen molar-refractivity contribution in [2.75, 3.05) is 0 Å². The summed E-state index contributed by atoms with van der Waals surface area (Å²) in [7, 11) is 0. The summed E-state index contributed by atoms with van der Waals surface area (Å²) in [5, 5.41) is 0. The van der Waals surface area contributed by atoms with Gasteiger partial charge in [-0.3, -0.25) is 0 Å². The van der Waals surface area contributed by atoms with Gasteiger partial charge in [-0.15, -0.1) is 0 Å². The first-order valence-corrected chi connectivity index (χ1v) is 9.39. The first kappa shape index (κ1) is 15.1. The minimum atomic E-state index is 1.01. The Morgan fingerprint density at radius 1 is 0.810 bits per heavy atom. The van der Waals surface area contributed by atoms with Gasteiger partial charge in [-0.05, 0) is 67.8 Å². The van der Waals surface area contributed by atoms with Crippen molar-refractivity contribution in [3.8, 4) is 0 Å². The molecule has 0 heterocycles. The average Bonchev–Trinajstić information content (AvgIpc) is 2.54. The zero-order valence-electron chi connectivity index (χ0n) is 13.8. The third kappa shape index (κ3) is 4.11. The summed E-state index contributed by atoms with van der Waals surface area (Å²) in [6.07, 6.45) is 14.8. The quantitative estimate of drug-likeness (QED) is 0.599. The Morgan fingerprint density at radius 3 is 2.05 bits per heavy atom. The Bertz CT molecular complexity index is 407. The maximum atomic E-state index is 2.35. The Hall–Kier alpha value is -0.780. The topological polar surface area (TPSA) is 0 Å². The minimum absolute atomic E-state index is 1.01. The fourth-order valence-corrected chi connectivity index (χ4v) is 5.03. The summed E-state index contributed by atoms with van der Waals surface area (Å²) in [6.45, 7) is 2.35. The van der Waals surface area contributed by atoms with E-state index in [-0.39, 0.29) is 0 Å². The molecule has 2 fully saturated rings. The standard InChI is InChI=1S/C21H32/c1-2-6-18-11-13-21-16-19(12-14-20(21)15-18)10-9-17-7-4-3-5-8-17/h3-5,7-8,18-21H,2,6,9-16H2,1H3/t18?,19-,20-,21-/m1/s1. The van der Waals surface area contributed by atoms with Gasteiger partial charge in [0.15, 0.2) is 0 Å². The molecular weight excluding hydrogens is 252 g/mol. The fourth-order valence-electron chi connectivity index (χ4n) is 5.03. The molecule has 0 radical (unpaired) electrons. The van der Waals surface area contributed by atoms with Gasteiger partial charge in [-0.1, -0.05) is 62.9 Å². The highest BCUT2D eigenvalue weighted by Gasteiger charge is 2.34. The third-order valence-electron chi connectivity index (χ3n) is 6.21. The number of rotatable bonds is 5. The van der Waals surface area contributed by atoms with Gasteiger partial charge in [0.25, 0.3) is 0 Å². The third-order valence-corrected chi connectivity index (χ3v) is 6.21. The van der Waals surface area contributed by atoms with Gasteiger partial charge in [0.05, 0.1) is 0 Å². The molecule has 0 aromatic heterocycles. The molecule has 2 aliphatic carbocycles. The monoisotopic (exact) mass is 284 g/mol. The van der Waals surface area contributed by atoms with Crippen molar-refractivity contribution in [2.24, 2.45) is 23.7 Å². The normalized spacial score (nSPS) is 32.6. The summed E-state index contributed by atoms with van der Waals surface area (Å²) in [6, 6.07) is 11.1. The Morgan fingerprint density at radius 2 is 1.43 bits per heavy atom. The lowest BCUT2D eigenvalue weighted by Gasteiger charge is -2.42. The van der Waals surface area contributed by atoms with E-state index in [0.29, 0.717) is 0 Å². The lowest BCUT2D eigenvalue weighted by Crippen LogP contribution is -2.31. The van der Waals surface area contributed by atoms with Crippen molar-refractivity contribution < 1.29 is 0 Å². The number of benzene rings is 1. The number of hydrogen-bond donors (Lipinski definition) is 0. The van der Waals surface area contributed by atoms with E-state index >= 15 is 0 Å². The average molecular weight is 284 g/mol. The van der Waals surface area contributed by atoms with Crippen molar-refractivity contribution in [3.63, 3.8) is 0 Å². The van der Waals surface area contributed by atoms with Crippen LogP contribution in [-0.4, -0.2) is 0 Å². The zero-order chi connectivity index (χ0) is 14.5. The van der Waals surface area contributed by atoms with Gasteiger partial charge >= 0.3 is 0 Å². The van der Waals surface area contributed by atoms with Crippen molar-refractivity contribution in [1.82, 2.24) is 0 Å². The maximum Gasteiger partial charge on any atom is -0.0276 e. The number of aryl methyl sites for hydroxylation is 1. The lowest BCUT2D eigenvalue weighted by atomic mass is 9.63. The molecule has 1 unspecified atom stereocenters. The second-order valence-corrected chi connectivity index (χ2v) is 7.69. The van der Waals surface area contributed by atoms with Crippen LogP contribution in [0.5, 0.6) is 0 Å². The molecule has 1 aromatic carbocycles. The second kappa shape index (κ2) is 7.47. The van der Waals surface area contributed by atoms with Crippen LogP contribution in [0, 0.1) is 23.7 Å². The molecule has 2 aliphatic rings. The van der Waals surface area contributed by atoms with Crippen molar-refractivity contribution in [1.29, 1.82) is 0 Å². The maximum absolute atomic E-state index is 2.35. The van der Waals surface area contributed by atoms with Crippen LogP contribution in [0.2, 0.25) is 0 Å². The van der Waals surface area contributed by atoms with E-state index in [1.165, 1.54) is 63.4 Å². The van der Waals surface area contributed by atoms with E-state index in [9.17, 15) is 0 Å². The molecule has 0 saturated heterocycles. The highest BCUT2D eigenvalue weighted by Crippen LogP contribution is 2.46. The van der Waals surface area contributed by atoms with Gasteiger partial charge in [0.1, 0.15) is 0 Å². The van der Waals surface area contributed by atoms with Crippen LogP contribution in [0.1, 0.15) is 70.3 Å². The van der Waals surface area contributed by atoms with E-state index in [1.807, 2.05) is 0 Å². The van der Waals surface area contributed by atoms with E-state index in [1.54, 1.807) is 6.42 Å². The van der Waals surface area contributed by atoms with Crippen molar-refractivity contribution in [2.45, 2.75) is 71.1 Å². The molecule has 1 aromatic rings. The largest absolute Gasteiger partial charge is 0.0654 e. The first-order valence-electron chi connectivity index (χ1n) is 9.39. The molecule has 0 heteroatoms. The van der Waals surface area contributed by atoms with Crippen LogP contribution in [0.25, 0.3) is 0 Å². The Balaban J connectivity index is 1.45. The molecule has 2 saturated carbocycles. The van der Waals surface area contributed by atoms with Crippen LogP contribution in [0.4, 0.5) is 0 Å². The zero-order valence-corrected chi connectivity index (χ0v) is 13.8. The van der Waals surface area contributed by atoms with Crippen molar-refractivity contribution in [3.05, 3.63) is 35.9 Å². The predicted octanol–water partition coefficient (Wildman–Crippen LogP) is 6.25. The summed E-state index contributed by atoms with van der Waals surface area (Å²) in [4.78, 5) is 0. The van der Waals surface area contributed by atoms with E-state index in [4.69, 9.17) is 0 Å². The smallest absolute Gasteiger partial charge is 0.0276 e. The molecular formula is C21H32. The van der Waals surface area contributed by atoms with Crippen LogP contribution in [0.15, 0.2) is 30.3 Å². The fraction of sp³-hybridized carbons (Fsp3) is 0.714. The van der Waals surface area contributed by atoms with Gasteiger partial charge in [-0.25, -0.2) is 0 Å². The van der Waals surface area contributed by atoms with Gasteiger partial charge in [0, 0.05) is 0 Å². The molecule has 0 spiro atoms. The van der Waals surface area contributed by atoms with E-state index < -0.39 is 0 Å². The molecule has 21 heavy (non-hydrogen) atoms. The molecule has 0 aliphatic heterocycles. The van der Waals surface area contributed by atoms with E-state index in [2.05, 4.69) is 37.3 Å². The molecule has 0 amide bonds. The van der Waals surface area contributed by atoms with Crippen LogP contribution in [0.3, 0.4) is 0 Å². The molecule has 0 nitrogen and oxygen atoms in total. The molecule has 116 valence electrons. The summed E-state index contributed by atoms with van der Waals surface area (Å²) >= 11 is 0. The lowest BCUT2D eigenvalue weighted by molar-refractivity contribution is 0.0921. The highest BCUT2D eigenvalue weighted by molar-refractivity contribution is 5.14. The minimum Gasteiger partial charge on any atom is -0.0654 e. The van der Waals surface area contributed by atoms with Gasteiger partial charge < -0.3 is 0 Å². The Kier molecular flexibility index (Phi) is 5.38. The van der Waals surface area contributed by atoms with Gasteiger partial charge in [0.2, 0.25) is 0 Å². The first-order chi connectivity index (χ1) is 10.3. The summed E-state index contributed by atoms with van der Waals surface area (Å²) in [5.41, 5.74) is 1.53. The van der Waals surface area contributed by atoms with E-state index in [0.717, 1.165) is 23.7 Å². The van der Waals surface area contributed by atoms with Crippen LogP contribution >= 0.6 is 0 Å². The SMILES string of the molecule is CCCC1CC[C@@H]2C[C@H](CCc3ccccc3)CC[C@@H]2C1. The summed E-state index contributed by atoms with van der Waals surface area (Å²) < 4.78 is 0. The molecule has 4 atom stereocenters. The molecule has 0 bridgehead atoms. The highest BCUT2D eigenvalue weighted by atomic mass is 14.4. The van der Waals surface area contributed by atoms with Gasteiger partial charge in [-0.2, -0.15) is 0 Å². The molecule has 0 N–H and O–H groups in total.